The summed E-state index contributed by atoms with van der Waals surface area (Å²) in [4.78, 5) is 26.7. The topological polar surface area (TPSA) is 63.4 Å². The van der Waals surface area contributed by atoms with E-state index in [0.717, 1.165) is 41.7 Å². The number of piperidine rings is 1. The molecule has 6 nitrogen and oxygen atoms in total. The second-order valence-corrected chi connectivity index (χ2v) is 8.79. The highest BCUT2D eigenvalue weighted by Crippen LogP contribution is 2.42. The molecule has 0 aromatic carbocycles. The Balaban J connectivity index is 1.64. The third-order valence-electron chi connectivity index (χ3n) is 5.93. The molecule has 0 bridgehead atoms. The Morgan fingerprint density at radius 3 is 2.96 bits per heavy atom. The van der Waals surface area contributed by atoms with Gasteiger partial charge in [0.25, 0.3) is 5.91 Å². The van der Waals surface area contributed by atoms with Crippen LogP contribution in [0, 0.1) is 0 Å². The SMILES string of the molecule is C[C@@H]1CCCCN1C(=O)c1nc2c3c4c(sc3ncn2n1)CCC[C@@H]4C. The average molecular weight is 369 g/mol. The Labute approximate surface area is 156 Å². The number of nitrogens with zero attached hydrogens (tertiary/aromatic N) is 5. The van der Waals surface area contributed by atoms with Gasteiger partial charge in [0.2, 0.25) is 5.82 Å². The van der Waals surface area contributed by atoms with Gasteiger partial charge in [-0.2, -0.15) is 0 Å². The number of hydrogen-bond donors (Lipinski definition) is 0. The molecular weight excluding hydrogens is 346 g/mol. The minimum Gasteiger partial charge on any atom is -0.333 e. The molecule has 5 rings (SSSR count). The first kappa shape index (κ1) is 16.2. The van der Waals surface area contributed by atoms with Crippen LogP contribution in [0.3, 0.4) is 0 Å². The summed E-state index contributed by atoms with van der Waals surface area (Å²) in [7, 11) is 0. The van der Waals surface area contributed by atoms with Crippen molar-refractivity contribution in [1.82, 2.24) is 24.5 Å². The van der Waals surface area contributed by atoms with Gasteiger partial charge < -0.3 is 4.90 Å². The van der Waals surface area contributed by atoms with Gasteiger partial charge in [-0.15, -0.1) is 16.4 Å². The summed E-state index contributed by atoms with van der Waals surface area (Å²) in [6.45, 7) is 5.20. The van der Waals surface area contributed by atoms with E-state index in [2.05, 4.69) is 23.9 Å². The van der Waals surface area contributed by atoms with Crippen LogP contribution in [0.5, 0.6) is 0 Å². The van der Waals surface area contributed by atoms with Gasteiger partial charge in [0.15, 0.2) is 5.65 Å². The first-order valence-electron chi connectivity index (χ1n) is 9.61. The monoisotopic (exact) mass is 369 g/mol. The smallest absolute Gasteiger partial charge is 0.293 e. The molecule has 136 valence electrons. The number of aromatic nitrogens is 4. The lowest BCUT2D eigenvalue weighted by Crippen LogP contribution is -2.42. The first-order valence-corrected chi connectivity index (χ1v) is 10.4. The highest BCUT2D eigenvalue weighted by atomic mass is 32.1. The van der Waals surface area contributed by atoms with Gasteiger partial charge >= 0.3 is 0 Å². The number of aryl methyl sites for hydroxylation is 1. The van der Waals surface area contributed by atoms with Crippen molar-refractivity contribution in [3.05, 3.63) is 22.6 Å². The van der Waals surface area contributed by atoms with Crippen molar-refractivity contribution in [2.24, 2.45) is 0 Å². The normalized spacial score (nSPS) is 23.5. The summed E-state index contributed by atoms with van der Waals surface area (Å²) in [5.74, 6) is 0.765. The van der Waals surface area contributed by atoms with E-state index in [0.29, 0.717) is 11.7 Å². The predicted molar refractivity (Wildman–Crippen MR) is 102 cm³/mol. The van der Waals surface area contributed by atoms with Crippen molar-refractivity contribution in [3.63, 3.8) is 0 Å². The van der Waals surface area contributed by atoms with E-state index in [1.807, 2.05) is 4.90 Å². The summed E-state index contributed by atoms with van der Waals surface area (Å²) in [5, 5.41) is 5.59. The molecule has 1 fully saturated rings. The van der Waals surface area contributed by atoms with Crippen LogP contribution in [0.4, 0.5) is 0 Å². The fourth-order valence-corrected chi connectivity index (χ4v) is 5.80. The van der Waals surface area contributed by atoms with E-state index in [1.54, 1.807) is 22.2 Å². The fourth-order valence-electron chi connectivity index (χ4n) is 4.50. The Morgan fingerprint density at radius 2 is 2.12 bits per heavy atom. The quantitative estimate of drug-likeness (QED) is 0.655. The first-order chi connectivity index (χ1) is 12.6. The van der Waals surface area contributed by atoms with Gasteiger partial charge in [0.1, 0.15) is 11.2 Å². The van der Waals surface area contributed by atoms with E-state index in [-0.39, 0.29) is 11.9 Å². The number of amides is 1. The molecule has 0 saturated carbocycles. The van der Waals surface area contributed by atoms with Gasteiger partial charge in [-0.05, 0) is 56.9 Å². The molecule has 0 N–H and O–H groups in total. The highest BCUT2D eigenvalue weighted by molar-refractivity contribution is 7.19. The van der Waals surface area contributed by atoms with Crippen molar-refractivity contribution in [2.75, 3.05) is 6.54 Å². The lowest BCUT2D eigenvalue weighted by molar-refractivity contribution is 0.0623. The maximum absolute atomic E-state index is 13.0. The van der Waals surface area contributed by atoms with Crippen molar-refractivity contribution in [3.8, 4) is 0 Å². The van der Waals surface area contributed by atoms with E-state index in [9.17, 15) is 4.79 Å². The molecule has 1 saturated heterocycles. The number of fused-ring (bicyclic) bond motifs is 5. The largest absolute Gasteiger partial charge is 0.333 e. The molecule has 26 heavy (non-hydrogen) atoms. The molecule has 0 spiro atoms. The molecule has 0 radical (unpaired) electrons. The molecule has 0 unspecified atom stereocenters. The summed E-state index contributed by atoms with van der Waals surface area (Å²) in [5.41, 5.74) is 2.17. The summed E-state index contributed by atoms with van der Waals surface area (Å²) >= 11 is 1.78. The number of thiophene rings is 1. The molecule has 2 aliphatic rings. The molecule has 1 aliphatic heterocycles. The van der Waals surface area contributed by atoms with Crippen LogP contribution in [-0.4, -0.2) is 43.0 Å². The van der Waals surface area contributed by atoms with Crippen LogP contribution in [0.1, 0.15) is 72.9 Å². The average Bonchev–Trinajstić information content (AvgIpc) is 3.23. The lowest BCUT2D eigenvalue weighted by Gasteiger charge is -2.32. The van der Waals surface area contributed by atoms with Crippen LogP contribution in [0.15, 0.2) is 6.33 Å². The maximum atomic E-state index is 13.0. The second kappa shape index (κ2) is 6.01. The van der Waals surface area contributed by atoms with Gasteiger partial charge in [0.05, 0.1) is 5.39 Å². The third-order valence-corrected chi connectivity index (χ3v) is 7.10. The lowest BCUT2D eigenvalue weighted by atomic mass is 9.87. The molecule has 1 aliphatic carbocycles. The van der Waals surface area contributed by atoms with E-state index in [1.165, 1.54) is 29.7 Å². The molecule has 2 atom stereocenters. The number of carbonyl (C=O) groups is 1. The molecule has 7 heteroatoms. The Bertz CT molecular complexity index is 1010. The minimum atomic E-state index is -0.0498. The van der Waals surface area contributed by atoms with Gasteiger partial charge in [-0.25, -0.2) is 14.5 Å². The van der Waals surface area contributed by atoms with Crippen LogP contribution in [0.2, 0.25) is 0 Å². The van der Waals surface area contributed by atoms with E-state index < -0.39 is 0 Å². The standard InChI is InChI=1S/C19H23N5OS/c1-11-6-5-8-13-14(11)15-17-21-16(22-24(17)10-20-18(15)26-13)19(25)23-9-4-3-7-12(23)2/h10-12H,3-9H2,1-2H3/t11-,12+/m0/s1. The van der Waals surface area contributed by atoms with Crippen molar-refractivity contribution >= 4 is 33.1 Å². The Hall–Kier alpha value is -2.02. The summed E-state index contributed by atoms with van der Waals surface area (Å²) in [6.07, 6.45) is 8.57. The zero-order valence-electron chi connectivity index (χ0n) is 15.2. The van der Waals surface area contributed by atoms with E-state index >= 15 is 0 Å². The van der Waals surface area contributed by atoms with Crippen molar-refractivity contribution in [1.29, 1.82) is 0 Å². The van der Waals surface area contributed by atoms with Crippen molar-refractivity contribution in [2.45, 2.75) is 64.3 Å². The number of rotatable bonds is 1. The van der Waals surface area contributed by atoms with Gasteiger partial charge in [-0.3, -0.25) is 4.79 Å². The molecule has 3 aromatic heterocycles. The summed E-state index contributed by atoms with van der Waals surface area (Å²) < 4.78 is 1.69. The molecule has 1 amide bonds. The van der Waals surface area contributed by atoms with Crippen LogP contribution >= 0.6 is 11.3 Å². The van der Waals surface area contributed by atoms with Gasteiger partial charge in [-0.1, -0.05) is 6.92 Å². The van der Waals surface area contributed by atoms with Crippen LogP contribution in [0.25, 0.3) is 15.9 Å². The Kier molecular flexibility index (Phi) is 3.74. The molecule has 3 aromatic rings. The Morgan fingerprint density at radius 1 is 1.23 bits per heavy atom. The molecular formula is C19H23N5OS. The predicted octanol–water partition coefficient (Wildman–Crippen LogP) is 3.79. The van der Waals surface area contributed by atoms with Crippen LogP contribution < -0.4 is 0 Å². The minimum absolute atomic E-state index is 0.0498. The van der Waals surface area contributed by atoms with E-state index in [4.69, 9.17) is 4.98 Å². The third kappa shape index (κ3) is 2.36. The second-order valence-electron chi connectivity index (χ2n) is 7.70. The zero-order chi connectivity index (χ0) is 17.8. The number of likely N-dealkylation sites (tertiary alicyclic amines) is 1. The number of carbonyl (C=O) groups excluding carboxylic acids is 1. The summed E-state index contributed by atoms with van der Waals surface area (Å²) in [6, 6.07) is 0.259. The number of hydrogen-bond acceptors (Lipinski definition) is 5. The van der Waals surface area contributed by atoms with Gasteiger partial charge in [0, 0.05) is 17.5 Å². The fraction of sp³-hybridized carbons (Fsp3) is 0.579. The van der Waals surface area contributed by atoms with Crippen LogP contribution in [-0.2, 0) is 6.42 Å². The highest BCUT2D eigenvalue weighted by Gasteiger charge is 2.29. The van der Waals surface area contributed by atoms with Crippen molar-refractivity contribution < 1.29 is 4.79 Å². The zero-order valence-corrected chi connectivity index (χ0v) is 16.1. The molecule has 4 heterocycles. The maximum Gasteiger partial charge on any atom is 0.293 e.